The molecular weight excluding hydrogens is 194 g/mol. The summed E-state index contributed by atoms with van der Waals surface area (Å²) in [5.74, 6) is 0. The van der Waals surface area contributed by atoms with E-state index in [9.17, 15) is 0 Å². The molecule has 0 aromatic rings. The Morgan fingerprint density at radius 1 is 1.40 bits per heavy atom. The van der Waals surface area contributed by atoms with E-state index in [-0.39, 0.29) is 11.7 Å². The summed E-state index contributed by atoms with van der Waals surface area (Å²) in [6, 6.07) is 0. The number of ether oxygens (including phenoxy) is 3. The molecule has 2 aliphatic heterocycles. The van der Waals surface area contributed by atoms with Crippen LogP contribution in [0.1, 0.15) is 19.3 Å². The van der Waals surface area contributed by atoms with Crippen LogP contribution < -0.4 is 5.32 Å². The van der Waals surface area contributed by atoms with Crippen molar-refractivity contribution in [2.75, 3.05) is 40.0 Å². The molecule has 2 rings (SSSR count). The predicted octanol–water partition coefficient (Wildman–Crippen LogP) is 0.560. The molecule has 0 aromatic heterocycles. The van der Waals surface area contributed by atoms with Gasteiger partial charge in [-0.3, -0.25) is 0 Å². The molecule has 2 fully saturated rings. The van der Waals surface area contributed by atoms with Crippen LogP contribution in [0, 0.1) is 0 Å². The van der Waals surface area contributed by atoms with Gasteiger partial charge < -0.3 is 19.5 Å². The Morgan fingerprint density at radius 2 is 2.33 bits per heavy atom. The molecule has 2 saturated heterocycles. The summed E-state index contributed by atoms with van der Waals surface area (Å²) in [5, 5.41) is 3.35. The van der Waals surface area contributed by atoms with Crippen molar-refractivity contribution in [3.63, 3.8) is 0 Å². The second-order valence-corrected chi connectivity index (χ2v) is 4.37. The zero-order chi connectivity index (χ0) is 10.6. The Balaban J connectivity index is 2.01. The fourth-order valence-corrected chi connectivity index (χ4v) is 2.48. The van der Waals surface area contributed by atoms with Crippen LogP contribution in [0.3, 0.4) is 0 Å². The van der Waals surface area contributed by atoms with E-state index in [0.29, 0.717) is 6.61 Å². The van der Waals surface area contributed by atoms with E-state index in [2.05, 4.69) is 5.32 Å². The van der Waals surface area contributed by atoms with Gasteiger partial charge in [-0.1, -0.05) is 0 Å². The summed E-state index contributed by atoms with van der Waals surface area (Å²) in [4.78, 5) is 0. The smallest absolute Gasteiger partial charge is 0.119 e. The van der Waals surface area contributed by atoms with Gasteiger partial charge in [0.25, 0.3) is 0 Å². The maximum absolute atomic E-state index is 5.96. The molecule has 0 spiro atoms. The highest BCUT2D eigenvalue weighted by Crippen LogP contribution is 2.31. The number of rotatable bonds is 3. The number of hydrogen-bond donors (Lipinski definition) is 1. The van der Waals surface area contributed by atoms with Crippen molar-refractivity contribution in [2.24, 2.45) is 0 Å². The minimum absolute atomic E-state index is 0.145. The number of nitrogens with one attached hydrogen (secondary N) is 1. The fourth-order valence-electron chi connectivity index (χ4n) is 2.48. The normalized spacial score (nSPS) is 37.8. The van der Waals surface area contributed by atoms with Gasteiger partial charge in [0.2, 0.25) is 0 Å². The van der Waals surface area contributed by atoms with Crippen LogP contribution in [-0.2, 0) is 14.2 Å². The van der Waals surface area contributed by atoms with E-state index in [4.69, 9.17) is 14.2 Å². The van der Waals surface area contributed by atoms with Gasteiger partial charge in [0.05, 0.1) is 13.2 Å². The van der Waals surface area contributed by atoms with E-state index >= 15 is 0 Å². The third-order valence-electron chi connectivity index (χ3n) is 3.29. The van der Waals surface area contributed by atoms with Crippen LogP contribution in [0.25, 0.3) is 0 Å². The molecule has 2 unspecified atom stereocenters. The summed E-state index contributed by atoms with van der Waals surface area (Å²) in [6.45, 7) is 4.07. The van der Waals surface area contributed by atoms with Crippen molar-refractivity contribution in [3.05, 3.63) is 0 Å². The Labute approximate surface area is 91.3 Å². The maximum Gasteiger partial charge on any atom is 0.119 e. The van der Waals surface area contributed by atoms with Gasteiger partial charge in [0, 0.05) is 26.8 Å². The molecule has 2 heterocycles. The predicted molar refractivity (Wildman–Crippen MR) is 57.0 cm³/mol. The SMILES string of the molecule is COCC1(C2CNCCO2)CCCCO1. The van der Waals surface area contributed by atoms with E-state index in [1.807, 2.05) is 0 Å². The average molecular weight is 215 g/mol. The molecule has 15 heavy (non-hydrogen) atoms. The minimum Gasteiger partial charge on any atom is -0.382 e. The van der Waals surface area contributed by atoms with Gasteiger partial charge in [-0.15, -0.1) is 0 Å². The molecular formula is C11H21NO3. The minimum atomic E-state index is -0.208. The van der Waals surface area contributed by atoms with E-state index in [1.165, 1.54) is 6.42 Å². The molecule has 1 N–H and O–H groups in total. The lowest BCUT2D eigenvalue weighted by atomic mass is 9.88. The summed E-state index contributed by atoms with van der Waals surface area (Å²) < 4.78 is 17.1. The second kappa shape index (κ2) is 5.25. The zero-order valence-electron chi connectivity index (χ0n) is 9.46. The van der Waals surface area contributed by atoms with Crippen LogP contribution in [0.5, 0.6) is 0 Å². The van der Waals surface area contributed by atoms with Crippen LogP contribution in [0.4, 0.5) is 0 Å². The molecule has 0 radical (unpaired) electrons. The Morgan fingerprint density at radius 3 is 2.93 bits per heavy atom. The fraction of sp³-hybridized carbons (Fsp3) is 1.00. The highest BCUT2D eigenvalue weighted by molar-refractivity contribution is 4.94. The van der Waals surface area contributed by atoms with Crippen molar-refractivity contribution < 1.29 is 14.2 Å². The first-order chi connectivity index (χ1) is 7.37. The Hall–Kier alpha value is -0.160. The highest BCUT2D eigenvalue weighted by atomic mass is 16.6. The number of morpholine rings is 1. The number of methoxy groups -OCH3 is 1. The average Bonchev–Trinajstić information content (AvgIpc) is 2.32. The highest BCUT2D eigenvalue weighted by Gasteiger charge is 2.42. The first kappa shape index (κ1) is 11.3. The van der Waals surface area contributed by atoms with E-state index < -0.39 is 0 Å². The molecule has 0 aromatic carbocycles. The summed E-state index contributed by atoms with van der Waals surface area (Å²) in [6.07, 6.45) is 3.56. The van der Waals surface area contributed by atoms with Gasteiger partial charge in [-0.25, -0.2) is 0 Å². The van der Waals surface area contributed by atoms with Crippen molar-refractivity contribution in [3.8, 4) is 0 Å². The third-order valence-corrected chi connectivity index (χ3v) is 3.29. The molecule has 4 heteroatoms. The molecule has 0 saturated carbocycles. The molecule has 0 amide bonds. The largest absolute Gasteiger partial charge is 0.382 e. The number of hydrogen-bond acceptors (Lipinski definition) is 4. The summed E-state index contributed by atoms with van der Waals surface area (Å²) in [7, 11) is 1.73. The maximum atomic E-state index is 5.96. The van der Waals surface area contributed by atoms with Crippen LogP contribution >= 0.6 is 0 Å². The van der Waals surface area contributed by atoms with E-state index in [1.54, 1.807) is 7.11 Å². The second-order valence-electron chi connectivity index (χ2n) is 4.37. The quantitative estimate of drug-likeness (QED) is 0.747. The van der Waals surface area contributed by atoms with Gasteiger partial charge in [0.15, 0.2) is 0 Å². The molecule has 4 nitrogen and oxygen atoms in total. The monoisotopic (exact) mass is 215 g/mol. The summed E-state index contributed by atoms with van der Waals surface area (Å²) >= 11 is 0. The van der Waals surface area contributed by atoms with Gasteiger partial charge >= 0.3 is 0 Å². The lowest BCUT2D eigenvalue weighted by molar-refractivity contribution is -0.194. The van der Waals surface area contributed by atoms with E-state index in [0.717, 1.165) is 39.1 Å². The molecule has 0 aliphatic carbocycles. The van der Waals surface area contributed by atoms with Crippen LogP contribution in [0.2, 0.25) is 0 Å². The van der Waals surface area contributed by atoms with Crippen LogP contribution in [-0.4, -0.2) is 51.7 Å². The third kappa shape index (κ3) is 2.50. The summed E-state index contributed by atoms with van der Waals surface area (Å²) in [5.41, 5.74) is -0.208. The topological polar surface area (TPSA) is 39.7 Å². The zero-order valence-corrected chi connectivity index (χ0v) is 9.46. The standard InChI is InChI=1S/C11H21NO3/c1-13-9-11(4-2-3-6-15-11)10-8-12-5-7-14-10/h10,12H,2-9H2,1H3. The van der Waals surface area contributed by atoms with Crippen molar-refractivity contribution in [1.29, 1.82) is 0 Å². The Bertz CT molecular complexity index is 181. The van der Waals surface area contributed by atoms with Gasteiger partial charge in [0.1, 0.15) is 11.7 Å². The van der Waals surface area contributed by atoms with Crippen molar-refractivity contribution in [1.82, 2.24) is 5.32 Å². The first-order valence-corrected chi connectivity index (χ1v) is 5.83. The molecule has 2 atom stereocenters. The Kier molecular flexibility index (Phi) is 3.97. The molecule has 88 valence electrons. The lowest BCUT2D eigenvalue weighted by Crippen LogP contribution is -2.58. The first-order valence-electron chi connectivity index (χ1n) is 5.83. The van der Waals surface area contributed by atoms with Crippen molar-refractivity contribution in [2.45, 2.75) is 31.0 Å². The molecule has 0 bridgehead atoms. The van der Waals surface area contributed by atoms with Gasteiger partial charge in [-0.05, 0) is 19.3 Å². The lowest BCUT2D eigenvalue weighted by Gasteiger charge is -2.44. The molecule has 2 aliphatic rings. The van der Waals surface area contributed by atoms with Crippen molar-refractivity contribution >= 4 is 0 Å². The van der Waals surface area contributed by atoms with Crippen LogP contribution in [0.15, 0.2) is 0 Å². The van der Waals surface area contributed by atoms with Gasteiger partial charge in [-0.2, -0.15) is 0 Å².